The number of imidazole rings is 1. The highest BCUT2D eigenvalue weighted by atomic mass is 32.1. The van der Waals surface area contributed by atoms with Crippen molar-refractivity contribution in [1.29, 1.82) is 0 Å². The van der Waals surface area contributed by atoms with Gasteiger partial charge in [0, 0.05) is 44.5 Å². The number of rotatable bonds is 4. The molecule has 0 unspecified atom stereocenters. The Morgan fingerprint density at radius 2 is 1.84 bits per heavy atom. The third kappa shape index (κ3) is 3.98. The number of thiazole rings is 1. The lowest BCUT2D eigenvalue weighted by atomic mass is 10.2. The van der Waals surface area contributed by atoms with Crippen LogP contribution in [-0.4, -0.2) is 56.3 Å². The van der Waals surface area contributed by atoms with Crippen LogP contribution in [0.5, 0.6) is 0 Å². The summed E-state index contributed by atoms with van der Waals surface area (Å²) < 4.78 is 2.18. The Balaban J connectivity index is 1.23. The Hall–Kier alpha value is -3.03. The van der Waals surface area contributed by atoms with Crippen molar-refractivity contribution in [3.05, 3.63) is 76.7 Å². The highest BCUT2D eigenvalue weighted by Gasteiger charge is 2.25. The maximum absolute atomic E-state index is 13.0. The molecule has 1 aromatic carbocycles. The van der Waals surface area contributed by atoms with Crippen LogP contribution in [0, 0.1) is 13.8 Å². The quantitative estimate of drug-likeness (QED) is 0.490. The van der Waals surface area contributed by atoms with Gasteiger partial charge in [-0.2, -0.15) is 0 Å². The van der Waals surface area contributed by atoms with Gasteiger partial charge in [-0.1, -0.05) is 30.3 Å². The van der Waals surface area contributed by atoms with E-state index in [0.29, 0.717) is 4.88 Å². The van der Waals surface area contributed by atoms with Gasteiger partial charge in [-0.15, -0.1) is 11.3 Å². The predicted molar refractivity (Wildman–Crippen MR) is 123 cm³/mol. The Kier molecular flexibility index (Phi) is 5.29. The Morgan fingerprint density at radius 1 is 1.06 bits per heavy atom. The number of nitrogens with zero attached hydrogens (tertiary/aromatic N) is 5. The monoisotopic (exact) mass is 431 g/mol. The number of aromatic nitrogens is 3. The number of piperazine rings is 1. The van der Waals surface area contributed by atoms with Crippen molar-refractivity contribution < 1.29 is 4.79 Å². The SMILES string of the molecule is Cc1ccn2c(CN3CCN(C(=O)c4cnc(-c5ccccc5)s4)CC3)c(C)nc2c1. The third-order valence-corrected chi connectivity index (χ3v) is 6.89. The van der Waals surface area contributed by atoms with Crippen LogP contribution >= 0.6 is 11.3 Å². The second kappa shape index (κ2) is 8.24. The number of benzene rings is 1. The third-order valence-electron chi connectivity index (χ3n) is 5.85. The van der Waals surface area contributed by atoms with Gasteiger partial charge in [0.25, 0.3) is 5.91 Å². The smallest absolute Gasteiger partial charge is 0.265 e. The van der Waals surface area contributed by atoms with E-state index in [0.717, 1.165) is 54.6 Å². The average molecular weight is 432 g/mol. The van der Waals surface area contributed by atoms with E-state index < -0.39 is 0 Å². The minimum Gasteiger partial charge on any atom is -0.335 e. The molecule has 0 bridgehead atoms. The lowest BCUT2D eigenvalue weighted by Gasteiger charge is -2.34. The van der Waals surface area contributed by atoms with Gasteiger partial charge in [0.1, 0.15) is 15.5 Å². The fraction of sp³-hybridized carbons (Fsp3) is 0.292. The van der Waals surface area contributed by atoms with Crippen molar-refractivity contribution in [2.75, 3.05) is 26.2 Å². The van der Waals surface area contributed by atoms with Crippen LogP contribution in [0.3, 0.4) is 0 Å². The van der Waals surface area contributed by atoms with E-state index in [-0.39, 0.29) is 5.91 Å². The van der Waals surface area contributed by atoms with Crippen molar-refractivity contribution >= 4 is 22.9 Å². The van der Waals surface area contributed by atoms with Gasteiger partial charge < -0.3 is 9.30 Å². The molecule has 158 valence electrons. The summed E-state index contributed by atoms with van der Waals surface area (Å²) in [5.74, 6) is 0.0841. The first-order valence-corrected chi connectivity index (χ1v) is 11.4. The van der Waals surface area contributed by atoms with Crippen LogP contribution < -0.4 is 0 Å². The lowest BCUT2D eigenvalue weighted by Crippen LogP contribution is -2.48. The fourth-order valence-corrected chi connectivity index (χ4v) is 4.96. The summed E-state index contributed by atoms with van der Waals surface area (Å²) in [6.07, 6.45) is 3.82. The Bertz CT molecular complexity index is 1220. The molecule has 6 nitrogen and oxygen atoms in total. The number of hydrogen-bond acceptors (Lipinski definition) is 5. The van der Waals surface area contributed by atoms with Crippen molar-refractivity contribution in [3.8, 4) is 10.6 Å². The van der Waals surface area contributed by atoms with Gasteiger partial charge in [-0.05, 0) is 31.5 Å². The van der Waals surface area contributed by atoms with E-state index in [1.54, 1.807) is 6.20 Å². The summed E-state index contributed by atoms with van der Waals surface area (Å²) in [4.78, 5) is 27.2. The van der Waals surface area contributed by atoms with E-state index in [1.807, 2.05) is 35.2 Å². The summed E-state index contributed by atoms with van der Waals surface area (Å²) in [6.45, 7) is 8.18. The normalized spacial score (nSPS) is 15.0. The maximum Gasteiger partial charge on any atom is 0.265 e. The highest BCUT2D eigenvalue weighted by molar-refractivity contribution is 7.16. The van der Waals surface area contributed by atoms with Crippen LogP contribution in [0.25, 0.3) is 16.2 Å². The second-order valence-corrected chi connectivity index (χ2v) is 9.07. The van der Waals surface area contributed by atoms with Crippen LogP contribution in [0.2, 0.25) is 0 Å². The molecular weight excluding hydrogens is 406 g/mol. The fourth-order valence-electron chi connectivity index (χ4n) is 4.07. The lowest BCUT2D eigenvalue weighted by molar-refractivity contribution is 0.0631. The number of pyridine rings is 1. The van der Waals surface area contributed by atoms with Crippen LogP contribution in [-0.2, 0) is 6.54 Å². The molecule has 0 atom stereocenters. The zero-order valence-electron chi connectivity index (χ0n) is 17.8. The number of hydrogen-bond donors (Lipinski definition) is 0. The summed E-state index contributed by atoms with van der Waals surface area (Å²) >= 11 is 1.47. The number of fused-ring (bicyclic) bond motifs is 1. The van der Waals surface area contributed by atoms with Crippen LogP contribution in [0.1, 0.15) is 26.6 Å². The summed E-state index contributed by atoms with van der Waals surface area (Å²) in [5.41, 5.74) is 5.57. The van der Waals surface area contributed by atoms with E-state index >= 15 is 0 Å². The minimum atomic E-state index is 0.0841. The van der Waals surface area contributed by atoms with Gasteiger partial charge >= 0.3 is 0 Å². The topological polar surface area (TPSA) is 53.7 Å². The molecule has 1 fully saturated rings. The molecule has 0 spiro atoms. The standard InChI is InChI=1S/C24H25N5OS/c1-17-8-9-29-20(18(2)26-22(29)14-17)16-27-10-12-28(13-11-27)24(30)21-15-25-23(31-21)19-6-4-3-5-7-19/h3-9,14-15H,10-13,16H2,1-2H3. The van der Waals surface area contributed by atoms with Gasteiger partial charge in [-0.3, -0.25) is 9.69 Å². The molecule has 0 aliphatic carbocycles. The van der Waals surface area contributed by atoms with Crippen molar-refractivity contribution in [2.24, 2.45) is 0 Å². The first-order valence-electron chi connectivity index (χ1n) is 10.6. The molecule has 4 aromatic rings. The molecule has 1 amide bonds. The van der Waals surface area contributed by atoms with Gasteiger partial charge in [0.15, 0.2) is 0 Å². The van der Waals surface area contributed by atoms with Crippen LogP contribution in [0.4, 0.5) is 0 Å². The van der Waals surface area contributed by atoms with E-state index in [1.165, 1.54) is 22.6 Å². The zero-order valence-corrected chi connectivity index (χ0v) is 18.6. The summed E-state index contributed by atoms with van der Waals surface area (Å²) in [5, 5.41) is 0.890. The van der Waals surface area contributed by atoms with Gasteiger partial charge in [-0.25, -0.2) is 9.97 Å². The van der Waals surface area contributed by atoms with E-state index in [2.05, 4.69) is 46.5 Å². The summed E-state index contributed by atoms with van der Waals surface area (Å²) in [7, 11) is 0. The molecule has 4 heterocycles. The molecule has 0 radical (unpaired) electrons. The zero-order chi connectivity index (χ0) is 21.4. The van der Waals surface area contributed by atoms with Crippen LogP contribution in [0.15, 0.2) is 54.9 Å². The van der Waals surface area contributed by atoms with Crippen molar-refractivity contribution in [1.82, 2.24) is 24.2 Å². The van der Waals surface area contributed by atoms with Gasteiger partial charge in [0.2, 0.25) is 0 Å². The molecule has 0 saturated carbocycles. The number of carbonyl (C=O) groups is 1. The van der Waals surface area contributed by atoms with Gasteiger partial charge in [0.05, 0.1) is 17.6 Å². The minimum absolute atomic E-state index is 0.0841. The molecule has 5 rings (SSSR count). The predicted octanol–water partition coefficient (Wildman–Crippen LogP) is 4.03. The molecule has 1 saturated heterocycles. The van der Waals surface area contributed by atoms with Crippen molar-refractivity contribution in [3.63, 3.8) is 0 Å². The molecule has 31 heavy (non-hydrogen) atoms. The number of aryl methyl sites for hydroxylation is 2. The average Bonchev–Trinajstić information content (AvgIpc) is 3.39. The molecule has 7 heteroatoms. The first kappa shape index (κ1) is 19.9. The maximum atomic E-state index is 13.0. The Morgan fingerprint density at radius 3 is 2.61 bits per heavy atom. The van der Waals surface area contributed by atoms with E-state index in [9.17, 15) is 4.79 Å². The largest absolute Gasteiger partial charge is 0.335 e. The molecule has 1 aliphatic rings. The first-order chi connectivity index (χ1) is 15.1. The molecule has 1 aliphatic heterocycles. The summed E-state index contributed by atoms with van der Waals surface area (Å²) in [6, 6.07) is 14.2. The highest BCUT2D eigenvalue weighted by Crippen LogP contribution is 2.26. The molecular formula is C24H25N5OS. The number of carbonyl (C=O) groups excluding carboxylic acids is 1. The molecule has 3 aromatic heterocycles. The number of amides is 1. The Labute approximate surface area is 185 Å². The van der Waals surface area contributed by atoms with E-state index in [4.69, 9.17) is 4.98 Å². The van der Waals surface area contributed by atoms with Crippen molar-refractivity contribution in [2.45, 2.75) is 20.4 Å². The molecule has 0 N–H and O–H groups in total. The second-order valence-electron chi connectivity index (χ2n) is 8.04.